The second kappa shape index (κ2) is 5.03. The average molecular weight is 142 g/mol. The molecule has 10 heavy (non-hydrogen) atoms. The third kappa shape index (κ3) is 4.13. The first kappa shape index (κ1) is 9.21. The van der Waals surface area contributed by atoms with Crippen LogP contribution in [0.4, 0.5) is 0 Å². The van der Waals surface area contributed by atoms with Crippen molar-refractivity contribution in [3.05, 3.63) is 12.2 Å². The third-order valence-electron chi connectivity index (χ3n) is 1.07. The molecule has 0 bridgehead atoms. The SMILES string of the molecule is CC=CC(C)OC(=O)CC. The van der Waals surface area contributed by atoms with Crippen LogP contribution in [0.15, 0.2) is 12.2 Å². The fraction of sp³-hybridized carbons (Fsp3) is 0.625. The Kier molecular flexibility index (Phi) is 4.63. The number of ether oxygens (including phenoxy) is 1. The van der Waals surface area contributed by atoms with Gasteiger partial charge in [-0.1, -0.05) is 13.0 Å². The van der Waals surface area contributed by atoms with Gasteiger partial charge in [0, 0.05) is 6.42 Å². The molecule has 0 aliphatic carbocycles. The summed E-state index contributed by atoms with van der Waals surface area (Å²) >= 11 is 0. The van der Waals surface area contributed by atoms with Gasteiger partial charge >= 0.3 is 5.97 Å². The molecule has 1 atom stereocenters. The average Bonchev–Trinajstić information content (AvgIpc) is 1.88. The van der Waals surface area contributed by atoms with E-state index in [-0.39, 0.29) is 12.1 Å². The van der Waals surface area contributed by atoms with E-state index in [1.54, 1.807) is 6.92 Å². The fourth-order valence-electron chi connectivity index (χ4n) is 0.601. The molecule has 0 amide bonds. The number of carbonyl (C=O) groups excluding carboxylic acids is 1. The predicted octanol–water partition coefficient (Wildman–Crippen LogP) is 1.90. The van der Waals surface area contributed by atoms with Crippen LogP contribution in [0.25, 0.3) is 0 Å². The molecule has 1 unspecified atom stereocenters. The molecule has 2 heteroatoms. The van der Waals surface area contributed by atoms with Crippen molar-refractivity contribution >= 4 is 5.97 Å². The molecular formula is C8H14O2. The second-order valence-corrected chi connectivity index (χ2v) is 2.07. The number of hydrogen-bond donors (Lipinski definition) is 0. The summed E-state index contributed by atoms with van der Waals surface area (Å²) in [5, 5.41) is 0. The molecule has 0 saturated heterocycles. The van der Waals surface area contributed by atoms with E-state index in [2.05, 4.69) is 0 Å². The van der Waals surface area contributed by atoms with Gasteiger partial charge in [-0.3, -0.25) is 4.79 Å². The van der Waals surface area contributed by atoms with Gasteiger partial charge in [-0.15, -0.1) is 0 Å². The van der Waals surface area contributed by atoms with Crippen LogP contribution < -0.4 is 0 Å². The van der Waals surface area contributed by atoms with Crippen LogP contribution in [0.5, 0.6) is 0 Å². The van der Waals surface area contributed by atoms with Crippen LogP contribution in [0.3, 0.4) is 0 Å². The molecule has 0 aromatic rings. The summed E-state index contributed by atoms with van der Waals surface area (Å²) in [7, 11) is 0. The van der Waals surface area contributed by atoms with Crippen molar-refractivity contribution in [3.8, 4) is 0 Å². The maximum absolute atomic E-state index is 10.6. The number of hydrogen-bond acceptors (Lipinski definition) is 2. The molecule has 0 aliphatic heterocycles. The van der Waals surface area contributed by atoms with E-state index in [0.717, 1.165) is 0 Å². The molecule has 0 aromatic heterocycles. The highest BCUT2D eigenvalue weighted by Gasteiger charge is 2.01. The maximum atomic E-state index is 10.6. The van der Waals surface area contributed by atoms with Gasteiger partial charge in [0.25, 0.3) is 0 Å². The third-order valence-corrected chi connectivity index (χ3v) is 1.07. The predicted molar refractivity (Wildman–Crippen MR) is 40.7 cm³/mol. The Hall–Kier alpha value is -0.790. The topological polar surface area (TPSA) is 26.3 Å². The Morgan fingerprint density at radius 1 is 1.70 bits per heavy atom. The summed E-state index contributed by atoms with van der Waals surface area (Å²) in [5.74, 6) is -0.148. The van der Waals surface area contributed by atoms with E-state index in [1.165, 1.54) is 0 Å². The number of esters is 1. The minimum atomic E-state index is -0.148. The van der Waals surface area contributed by atoms with E-state index in [4.69, 9.17) is 4.74 Å². The standard InChI is InChI=1S/C8H14O2/c1-4-6-7(3)10-8(9)5-2/h4,6-7H,5H2,1-3H3. The van der Waals surface area contributed by atoms with Crippen LogP contribution in [0, 0.1) is 0 Å². The van der Waals surface area contributed by atoms with Crippen LogP contribution in [0.2, 0.25) is 0 Å². The highest BCUT2D eigenvalue weighted by Crippen LogP contribution is 1.95. The van der Waals surface area contributed by atoms with Crippen molar-refractivity contribution in [2.45, 2.75) is 33.3 Å². The zero-order chi connectivity index (χ0) is 7.98. The fourth-order valence-corrected chi connectivity index (χ4v) is 0.601. The summed E-state index contributed by atoms with van der Waals surface area (Å²) in [6.07, 6.45) is 4.07. The first-order valence-corrected chi connectivity index (χ1v) is 3.53. The van der Waals surface area contributed by atoms with Gasteiger partial charge in [0.1, 0.15) is 6.10 Å². The van der Waals surface area contributed by atoms with Crippen molar-refractivity contribution in [1.82, 2.24) is 0 Å². The van der Waals surface area contributed by atoms with Gasteiger partial charge in [-0.25, -0.2) is 0 Å². The molecule has 58 valence electrons. The summed E-state index contributed by atoms with van der Waals surface area (Å²) in [6, 6.07) is 0. The lowest BCUT2D eigenvalue weighted by atomic mass is 10.3. The van der Waals surface area contributed by atoms with Crippen LogP contribution in [-0.4, -0.2) is 12.1 Å². The van der Waals surface area contributed by atoms with Gasteiger partial charge in [-0.2, -0.15) is 0 Å². The van der Waals surface area contributed by atoms with Crippen LogP contribution in [-0.2, 0) is 9.53 Å². The van der Waals surface area contributed by atoms with Crippen molar-refractivity contribution in [2.24, 2.45) is 0 Å². The summed E-state index contributed by atoms with van der Waals surface area (Å²) in [6.45, 7) is 5.52. The molecule has 0 heterocycles. The molecule has 2 nitrogen and oxygen atoms in total. The summed E-state index contributed by atoms with van der Waals surface area (Å²) in [5.41, 5.74) is 0. The Labute approximate surface area is 61.9 Å². The highest BCUT2D eigenvalue weighted by atomic mass is 16.5. The first-order valence-electron chi connectivity index (χ1n) is 3.53. The summed E-state index contributed by atoms with van der Waals surface area (Å²) < 4.78 is 4.91. The van der Waals surface area contributed by atoms with E-state index >= 15 is 0 Å². The lowest BCUT2D eigenvalue weighted by Gasteiger charge is -2.06. The Morgan fingerprint density at radius 3 is 2.70 bits per heavy atom. The van der Waals surface area contributed by atoms with Crippen molar-refractivity contribution < 1.29 is 9.53 Å². The van der Waals surface area contributed by atoms with Crippen LogP contribution >= 0.6 is 0 Å². The minimum absolute atomic E-state index is 0.0857. The van der Waals surface area contributed by atoms with Crippen LogP contribution in [0.1, 0.15) is 27.2 Å². The molecule has 0 aliphatic rings. The molecule has 0 fully saturated rings. The molecule has 0 aromatic carbocycles. The maximum Gasteiger partial charge on any atom is 0.306 e. The lowest BCUT2D eigenvalue weighted by molar-refractivity contribution is -0.145. The van der Waals surface area contributed by atoms with Crippen molar-refractivity contribution in [2.75, 3.05) is 0 Å². The molecule has 0 rings (SSSR count). The Morgan fingerprint density at radius 2 is 2.30 bits per heavy atom. The van der Waals surface area contributed by atoms with Gasteiger partial charge in [0.2, 0.25) is 0 Å². The van der Waals surface area contributed by atoms with Gasteiger partial charge in [0.05, 0.1) is 0 Å². The van der Waals surface area contributed by atoms with E-state index in [9.17, 15) is 4.79 Å². The lowest BCUT2D eigenvalue weighted by Crippen LogP contribution is -2.10. The van der Waals surface area contributed by atoms with Crippen molar-refractivity contribution in [3.63, 3.8) is 0 Å². The number of carbonyl (C=O) groups is 1. The monoisotopic (exact) mass is 142 g/mol. The van der Waals surface area contributed by atoms with E-state index < -0.39 is 0 Å². The number of allylic oxidation sites excluding steroid dienone is 1. The Bertz CT molecular complexity index is 127. The normalized spacial score (nSPS) is 13.5. The highest BCUT2D eigenvalue weighted by molar-refractivity contribution is 5.69. The molecule has 0 radical (unpaired) electrons. The first-order chi connectivity index (χ1) is 4.70. The second-order valence-electron chi connectivity index (χ2n) is 2.07. The minimum Gasteiger partial charge on any atom is -0.458 e. The summed E-state index contributed by atoms with van der Waals surface area (Å²) in [4.78, 5) is 10.6. The molecule has 0 saturated carbocycles. The quantitative estimate of drug-likeness (QED) is 0.444. The molecule has 0 spiro atoms. The van der Waals surface area contributed by atoms with E-state index in [1.807, 2.05) is 26.0 Å². The largest absolute Gasteiger partial charge is 0.458 e. The zero-order valence-electron chi connectivity index (χ0n) is 6.76. The van der Waals surface area contributed by atoms with Gasteiger partial charge in [0.15, 0.2) is 0 Å². The Balaban J connectivity index is 3.57. The number of rotatable bonds is 3. The zero-order valence-corrected chi connectivity index (χ0v) is 6.76. The smallest absolute Gasteiger partial charge is 0.306 e. The van der Waals surface area contributed by atoms with Gasteiger partial charge in [-0.05, 0) is 19.9 Å². The molecule has 0 N–H and O–H groups in total. The van der Waals surface area contributed by atoms with Crippen molar-refractivity contribution in [1.29, 1.82) is 0 Å². The van der Waals surface area contributed by atoms with Gasteiger partial charge < -0.3 is 4.74 Å². The molecular weight excluding hydrogens is 128 g/mol. The van der Waals surface area contributed by atoms with E-state index in [0.29, 0.717) is 6.42 Å².